The number of ether oxygens (including phenoxy) is 2. The zero-order chi connectivity index (χ0) is 12.3. The first kappa shape index (κ1) is 14.6. The minimum absolute atomic E-state index is 0.478. The van der Waals surface area contributed by atoms with Crippen molar-refractivity contribution in [1.29, 1.82) is 0 Å². The third-order valence-electron chi connectivity index (χ3n) is 2.53. The fourth-order valence-electron chi connectivity index (χ4n) is 1.67. The van der Waals surface area contributed by atoms with Gasteiger partial charge < -0.3 is 14.8 Å². The van der Waals surface area contributed by atoms with Crippen LogP contribution in [-0.2, 0) is 9.47 Å². The molecular weight excluding hydrogens is 234 g/mol. The van der Waals surface area contributed by atoms with Crippen LogP contribution in [0.5, 0.6) is 0 Å². The summed E-state index contributed by atoms with van der Waals surface area (Å²) in [6.45, 7) is 5.21. The summed E-state index contributed by atoms with van der Waals surface area (Å²) in [5.41, 5.74) is 0. The molecule has 0 aliphatic carbocycles. The van der Waals surface area contributed by atoms with Gasteiger partial charge in [-0.25, -0.2) is 0 Å². The number of thiophene rings is 1. The number of hydrogen-bond acceptors (Lipinski definition) is 4. The van der Waals surface area contributed by atoms with Crippen LogP contribution in [0.3, 0.4) is 0 Å². The first-order chi connectivity index (χ1) is 8.38. The van der Waals surface area contributed by atoms with Crippen molar-refractivity contribution in [3.8, 4) is 0 Å². The van der Waals surface area contributed by atoms with Gasteiger partial charge in [-0.1, -0.05) is 19.4 Å². The van der Waals surface area contributed by atoms with Gasteiger partial charge in [-0.05, 0) is 17.9 Å². The van der Waals surface area contributed by atoms with Crippen LogP contribution in [-0.4, -0.2) is 33.5 Å². The molecule has 1 aromatic heterocycles. The number of nitrogens with one attached hydrogen (secondary N) is 1. The first-order valence-corrected chi connectivity index (χ1v) is 7.10. The fraction of sp³-hybridized carbons (Fsp3) is 0.692. The van der Waals surface area contributed by atoms with Crippen molar-refractivity contribution in [3.05, 3.63) is 22.4 Å². The van der Waals surface area contributed by atoms with E-state index in [0.717, 1.165) is 13.2 Å². The van der Waals surface area contributed by atoms with E-state index >= 15 is 0 Å². The fourth-order valence-corrected chi connectivity index (χ4v) is 2.51. The highest BCUT2D eigenvalue weighted by Crippen LogP contribution is 2.22. The van der Waals surface area contributed by atoms with Crippen molar-refractivity contribution in [2.24, 2.45) is 0 Å². The monoisotopic (exact) mass is 257 g/mol. The van der Waals surface area contributed by atoms with E-state index in [-0.39, 0.29) is 0 Å². The molecule has 0 aliphatic heterocycles. The minimum Gasteiger partial charge on any atom is -0.382 e. The van der Waals surface area contributed by atoms with Crippen LogP contribution in [0.25, 0.3) is 0 Å². The van der Waals surface area contributed by atoms with E-state index in [0.29, 0.717) is 19.3 Å². The molecule has 1 heterocycles. The molecule has 1 N–H and O–H groups in total. The molecular formula is C13H23NO2S. The highest BCUT2D eigenvalue weighted by atomic mass is 32.1. The van der Waals surface area contributed by atoms with Crippen LogP contribution >= 0.6 is 11.3 Å². The Kier molecular flexibility index (Phi) is 8.26. The lowest BCUT2D eigenvalue weighted by Crippen LogP contribution is -2.25. The predicted molar refractivity (Wildman–Crippen MR) is 72.7 cm³/mol. The van der Waals surface area contributed by atoms with E-state index in [1.54, 1.807) is 7.11 Å². The number of methoxy groups -OCH3 is 1. The molecule has 0 aliphatic rings. The zero-order valence-corrected chi connectivity index (χ0v) is 11.6. The van der Waals surface area contributed by atoms with Crippen molar-refractivity contribution in [2.45, 2.75) is 25.8 Å². The third-order valence-corrected chi connectivity index (χ3v) is 3.52. The SMILES string of the molecule is CCCC(NCCOCCOC)c1cccs1. The van der Waals surface area contributed by atoms with E-state index in [1.165, 1.54) is 17.7 Å². The zero-order valence-electron chi connectivity index (χ0n) is 10.8. The standard InChI is InChI=1S/C13H23NO2S/c1-3-5-12(13-6-4-11-17-13)14-7-8-16-10-9-15-2/h4,6,11-12,14H,3,5,7-10H2,1-2H3. The Hall–Kier alpha value is -0.420. The molecule has 1 unspecified atom stereocenters. The van der Waals surface area contributed by atoms with Crippen LogP contribution in [0.1, 0.15) is 30.7 Å². The highest BCUT2D eigenvalue weighted by Gasteiger charge is 2.09. The smallest absolute Gasteiger partial charge is 0.0700 e. The van der Waals surface area contributed by atoms with Gasteiger partial charge >= 0.3 is 0 Å². The lowest BCUT2D eigenvalue weighted by Gasteiger charge is -2.16. The van der Waals surface area contributed by atoms with Gasteiger partial charge in [0.15, 0.2) is 0 Å². The molecule has 1 aromatic rings. The molecule has 98 valence electrons. The largest absolute Gasteiger partial charge is 0.382 e. The van der Waals surface area contributed by atoms with Crippen molar-refractivity contribution in [3.63, 3.8) is 0 Å². The summed E-state index contributed by atoms with van der Waals surface area (Å²) >= 11 is 1.82. The topological polar surface area (TPSA) is 30.5 Å². The second-order valence-electron chi connectivity index (χ2n) is 3.92. The van der Waals surface area contributed by atoms with Gasteiger partial charge in [0.1, 0.15) is 0 Å². The molecule has 0 spiro atoms. The summed E-state index contributed by atoms with van der Waals surface area (Å²) < 4.78 is 10.4. The van der Waals surface area contributed by atoms with Gasteiger partial charge in [0, 0.05) is 24.6 Å². The van der Waals surface area contributed by atoms with E-state index in [9.17, 15) is 0 Å². The van der Waals surface area contributed by atoms with Crippen molar-refractivity contribution >= 4 is 11.3 Å². The molecule has 3 nitrogen and oxygen atoms in total. The van der Waals surface area contributed by atoms with Gasteiger partial charge in [-0.15, -0.1) is 11.3 Å². The summed E-state index contributed by atoms with van der Waals surface area (Å²) in [7, 11) is 1.69. The Bertz CT molecular complexity index is 264. The van der Waals surface area contributed by atoms with E-state index in [4.69, 9.17) is 9.47 Å². The predicted octanol–water partition coefficient (Wildman–Crippen LogP) is 2.84. The van der Waals surface area contributed by atoms with Crippen LogP contribution in [0.15, 0.2) is 17.5 Å². The summed E-state index contributed by atoms with van der Waals surface area (Å²) in [5, 5.41) is 5.68. The van der Waals surface area contributed by atoms with Gasteiger partial charge in [-0.3, -0.25) is 0 Å². The quantitative estimate of drug-likeness (QED) is 0.654. The molecule has 0 aromatic carbocycles. The second-order valence-corrected chi connectivity index (χ2v) is 4.90. The summed E-state index contributed by atoms with van der Waals surface area (Å²) in [6, 6.07) is 4.79. The first-order valence-electron chi connectivity index (χ1n) is 6.22. The molecule has 0 amide bonds. The molecule has 1 rings (SSSR count). The molecule has 17 heavy (non-hydrogen) atoms. The van der Waals surface area contributed by atoms with Crippen LogP contribution in [0, 0.1) is 0 Å². The molecule has 1 atom stereocenters. The molecule has 0 saturated carbocycles. The Morgan fingerprint density at radius 2 is 2.24 bits per heavy atom. The van der Waals surface area contributed by atoms with Gasteiger partial charge in [-0.2, -0.15) is 0 Å². The summed E-state index contributed by atoms with van der Waals surface area (Å²) in [4.78, 5) is 1.42. The minimum atomic E-state index is 0.478. The van der Waals surface area contributed by atoms with Gasteiger partial charge in [0.25, 0.3) is 0 Å². The second kappa shape index (κ2) is 9.59. The maximum absolute atomic E-state index is 5.44. The Morgan fingerprint density at radius 3 is 2.88 bits per heavy atom. The Labute approximate surface area is 108 Å². The van der Waals surface area contributed by atoms with E-state index in [2.05, 4.69) is 29.8 Å². The van der Waals surface area contributed by atoms with Crippen molar-refractivity contribution < 1.29 is 9.47 Å². The van der Waals surface area contributed by atoms with Gasteiger partial charge in [0.2, 0.25) is 0 Å². The lowest BCUT2D eigenvalue weighted by atomic mass is 10.1. The molecule has 0 radical (unpaired) electrons. The number of hydrogen-bond donors (Lipinski definition) is 1. The van der Waals surface area contributed by atoms with Crippen molar-refractivity contribution in [1.82, 2.24) is 5.32 Å². The van der Waals surface area contributed by atoms with Crippen LogP contribution < -0.4 is 5.32 Å². The lowest BCUT2D eigenvalue weighted by molar-refractivity contribution is 0.0709. The number of rotatable bonds is 10. The van der Waals surface area contributed by atoms with E-state index < -0.39 is 0 Å². The van der Waals surface area contributed by atoms with Crippen molar-refractivity contribution in [2.75, 3.05) is 33.5 Å². The summed E-state index contributed by atoms with van der Waals surface area (Å²) in [6.07, 6.45) is 2.37. The molecule has 4 heteroatoms. The van der Waals surface area contributed by atoms with Crippen LogP contribution in [0.4, 0.5) is 0 Å². The maximum Gasteiger partial charge on any atom is 0.0700 e. The average Bonchev–Trinajstić information content (AvgIpc) is 2.86. The molecule has 0 saturated heterocycles. The van der Waals surface area contributed by atoms with E-state index in [1.807, 2.05) is 11.3 Å². The molecule has 0 bridgehead atoms. The van der Waals surface area contributed by atoms with Gasteiger partial charge in [0.05, 0.1) is 19.8 Å². The Balaban J connectivity index is 2.17. The third kappa shape index (κ3) is 6.17. The molecule has 0 fully saturated rings. The normalized spacial score (nSPS) is 12.8. The summed E-state index contributed by atoms with van der Waals surface area (Å²) in [5.74, 6) is 0. The average molecular weight is 257 g/mol. The Morgan fingerprint density at radius 1 is 1.35 bits per heavy atom. The maximum atomic E-state index is 5.44. The highest BCUT2D eigenvalue weighted by molar-refractivity contribution is 7.10. The van der Waals surface area contributed by atoms with Crippen LogP contribution in [0.2, 0.25) is 0 Å².